The van der Waals surface area contributed by atoms with Gasteiger partial charge < -0.3 is 20.7 Å². The van der Waals surface area contributed by atoms with Crippen LogP contribution in [0.2, 0.25) is 0 Å². The van der Waals surface area contributed by atoms with Crippen LogP contribution >= 0.6 is 0 Å². The van der Waals surface area contributed by atoms with E-state index in [1.807, 2.05) is 4.57 Å². The second kappa shape index (κ2) is 7.09. The second-order valence-corrected chi connectivity index (χ2v) is 6.93. The van der Waals surface area contributed by atoms with Crippen LogP contribution in [0.25, 0.3) is 22.0 Å². The van der Waals surface area contributed by atoms with Gasteiger partial charge in [0.25, 0.3) is 0 Å². The van der Waals surface area contributed by atoms with Crippen molar-refractivity contribution in [2.24, 2.45) is 5.73 Å². The predicted octanol–water partition coefficient (Wildman–Crippen LogP) is 3.21. The van der Waals surface area contributed by atoms with Gasteiger partial charge in [-0.2, -0.15) is 0 Å². The molecule has 2 aromatic carbocycles. The van der Waals surface area contributed by atoms with Crippen LogP contribution in [0.15, 0.2) is 47.4 Å². The van der Waals surface area contributed by atoms with E-state index in [2.05, 4.69) is 5.32 Å². The number of nitrogens with one attached hydrogen (secondary N) is 1. The highest BCUT2D eigenvalue weighted by molar-refractivity contribution is 5.97. The zero-order chi connectivity index (χ0) is 19.8. The maximum atomic E-state index is 14.6. The number of carboxylic acids is 1. The maximum absolute atomic E-state index is 14.6. The van der Waals surface area contributed by atoms with Gasteiger partial charge in [-0.1, -0.05) is 18.2 Å². The first-order valence-electron chi connectivity index (χ1n) is 9.16. The first-order chi connectivity index (χ1) is 13.5. The number of fused-ring (bicyclic) bond motifs is 1. The Labute approximate surface area is 160 Å². The van der Waals surface area contributed by atoms with Crippen molar-refractivity contribution in [2.45, 2.75) is 18.9 Å². The molecule has 1 saturated carbocycles. The van der Waals surface area contributed by atoms with Gasteiger partial charge in [0.2, 0.25) is 0 Å². The zero-order valence-electron chi connectivity index (χ0n) is 15.1. The normalized spacial score (nSPS) is 13.6. The van der Waals surface area contributed by atoms with Gasteiger partial charge in [-0.15, -0.1) is 0 Å². The Morgan fingerprint density at radius 1 is 1.25 bits per heavy atom. The van der Waals surface area contributed by atoms with E-state index in [-0.39, 0.29) is 28.0 Å². The molecule has 1 heterocycles. The lowest BCUT2D eigenvalue weighted by molar-refractivity contribution is 0.0697. The van der Waals surface area contributed by atoms with Gasteiger partial charge in [0.1, 0.15) is 5.82 Å². The average molecular weight is 381 g/mol. The molecule has 0 atom stereocenters. The number of hydrogen-bond acceptors (Lipinski definition) is 4. The van der Waals surface area contributed by atoms with Crippen LogP contribution in [0.5, 0.6) is 0 Å². The van der Waals surface area contributed by atoms with Crippen LogP contribution in [0.3, 0.4) is 0 Å². The third-order valence-corrected chi connectivity index (χ3v) is 4.97. The van der Waals surface area contributed by atoms with Crippen molar-refractivity contribution in [3.8, 4) is 11.1 Å². The standard InChI is InChI=1S/C21H20FN3O3/c22-17-9-15-19(10-18(17)24-8-7-23)25(12-5-6-12)11-16(20(15)26)13-3-1-2-4-14(13)21(27)28/h1-4,9-12,24H,5-8,23H2,(H,27,28). The summed E-state index contributed by atoms with van der Waals surface area (Å²) in [5.74, 6) is -1.65. The molecule has 6 nitrogen and oxygen atoms in total. The molecule has 0 saturated heterocycles. The molecule has 0 aliphatic heterocycles. The molecule has 4 rings (SSSR count). The van der Waals surface area contributed by atoms with E-state index >= 15 is 0 Å². The van der Waals surface area contributed by atoms with Crippen LogP contribution in [0, 0.1) is 5.82 Å². The van der Waals surface area contributed by atoms with Crippen molar-refractivity contribution in [3.05, 3.63) is 64.2 Å². The molecule has 1 aliphatic rings. The summed E-state index contributed by atoms with van der Waals surface area (Å²) in [6.45, 7) is 0.776. The number of pyridine rings is 1. The number of nitrogens with zero attached hydrogens (tertiary/aromatic N) is 1. The Hall–Kier alpha value is -3.19. The lowest BCUT2D eigenvalue weighted by Crippen LogP contribution is -2.16. The fraction of sp³-hybridized carbons (Fsp3) is 0.238. The van der Waals surface area contributed by atoms with Crippen molar-refractivity contribution >= 4 is 22.6 Å². The highest BCUT2D eigenvalue weighted by Gasteiger charge is 2.27. The molecule has 144 valence electrons. The van der Waals surface area contributed by atoms with E-state index in [9.17, 15) is 19.1 Å². The van der Waals surface area contributed by atoms with Gasteiger partial charge in [0.15, 0.2) is 5.43 Å². The summed E-state index contributed by atoms with van der Waals surface area (Å²) < 4.78 is 16.5. The Morgan fingerprint density at radius 2 is 2.00 bits per heavy atom. The molecular weight excluding hydrogens is 361 g/mol. The number of benzene rings is 2. The highest BCUT2D eigenvalue weighted by atomic mass is 19.1. The number of aromatic nitrogens is 1. The predicted molar refractivity (Wildman–Crippen MR) is 106 cm³/mol. The van der Waals surface area contributed by atoms with Crippen molar-refractivity contribution in [3.63, 3.8) is 0 Å². The molecule has 0 spiro atoms. The van der Waals surface area contributed by atoms with Crippen molar-refractivity contribution in [1.29, 1.82) is 0 Å². The van der Waals surface area contributed by atoms with Crippen LogP contribution in [-0.4, -0.2) is 28.7 Å². The van der Waals surface area contributed by atoms with E-state index in [1.165, 1.54) is 12.1 Å². The minimum Gasteiger partial charge on any atom is -0.478 e. The summed E-state index contributed by atoms with van der Waals surface area (Å²) in [6, 6.07) is 9.44. The molecule has 0 bridgehead atoms. The first-order valence-corrected chi connectivity index (χ1v) is 9.16. The Kier molecular flexibility index (Phi) is 4.60. The van der Waals surface area contributed by atoms with Gasteiger partial charge in [-0.05, 0) is 31.0 Å². The summed E-state index contributed by atoms with van der Waals surface area (Å²) in [7, 11) is 0. The zero-order valence-corrected chi connectivity index (χ0v) is 15.1. The van der Waals surface area contributed by atoms with Gasteiger partial charge in [0.05, 0.1) is 16.8 Å². The summed E-state index contributed by atoms with van der Waals surface area (Å²) >= 11 is 0. The fourth-order valence-electron chi connectivity index (χ4n) is 3.46. The van der Waals surface area contributed by atoms with Crippen molar-refractivity contribution < 1.29 is 14.3 Å². The Bertz CT molecular complexity index is 1140. The molecule has 28 heavy (non-hydrogen) atoms. The molecule has 0 unspecified atom stereocenters. The lowest BCUT2D eigenvalue weighted by atomic mass is 9.98. The van der Waals surface area contributed by atoms with Crippen LogP contribution in [0.4, 0.5) is 10.1 Å². The molecule has 3 aromatic rings. The van der Waals surface area contributed by atoms with Gasteiger partial charge in [-0.25, -0.2) is 9.18 Å². The summed E-state index contributed by atoms with van der Waals surface area (Å²) in [4.78, 5) is 24.8. The van der Waals surface area contributed by atoms with E-state index in [0.717, 1.165) is 12.8 Å². The summed E-state index contributed by atoms with van der Waals surface area (Å²) in [5.41, 5.74) is 6.67. The number of carboxylic acid groups (broad SMARTS) is 1. The molecule has 1 aliphatic carbocycles. The van der Waals surface area contributed by atoms with E-state index in [1.54, 1.807) is 30.5 Å². The molecule has 1 aromatic heterocycles. The number of anilines is 1. The molecule has 0 amide bonds. The van der Waals surface area contributed by atoms with E-state index in [0.29, 0.717) is 29.9 Å². The highest BCUT2D eigenvalue weighted by Crippen LogP contribution is 2.39. The Balaban J connectivity index is 1.99. The number of halogens is 1. The van der Waals surface area contributed by atoms with Crippen molar-refractivity contribution in [1.82, 2.24) is 4.57 Å². The third-order valence-electron chi connectivity index (χ3n) is 4.97. The number of rotatable bonds is 6. The molecule has 0 radical (unpaired) electrons. The largest absolute Gasteiger partial charge is 0.478 e. The number of hydrogen-bond donors (Lipinski definition) is 3. The minimum atomic E-state index is -1.11. The first kappa shape index (κ1) is 18.2. The third kappa shape index (κ3) is 3.14. The maximum Gasteiger partial charge on any atom is 0.336 e. The minimum absolute atomic E-state index is 0.0444. The quantitative estimate of drug-likeness (QED) is 0.609. The van der Waals surface area contributed by atoms with Crippen LogP contribution in [0.1, 0.15) is 29.2 Å². The van der Waals surface area contributed by atoms with E-state index < -0.39 is 11.8 Å². The number of carbonyl (C=O) groups is 1. The lowest BCUT2D eigenvalue weighted by Gasteiger charge is -2.16. The van der Waals surface area contributed by atoms with Gasteiger partial charge in [0, 0.05) is 41.8 Å². The molecule has 1 fully saturated rings. The van der Waals surface area contributed by atoms with Crippen LogP contribution in [-0.2, 0) is 0 Å². The summed E-state index contributed by atoms with van der Waals surface area (Å²) in [6.07, 6.45) is 3.62. The Morgan fingerprint density at radius 3 is 2.68 bits per heavy atom. The topological polar surface area (TPSA) is 97.3 Å². The monoisotopic (exact) mass is 381 g/mol. The average Bonchev–Trinajstić information content (AvgIpc) is 3.52. The fourth-order valence-corrected chi connectivity index (χ4v) is 3.46. The van der Waals surface area contributed by atoms with Crippen LogP contribution < -0.4 is 16.5 Å². The second-order valence-electron chi connectivity index (χ2n) is 6.93. The molecule has 7 heteroatoms. The number of aromatic carboxylic acids is 1. The summed E-state index contributed by atoms with van der Waals surface area (Å²) in [5, 5.41) is 12.7. The SMILES string of the molecule is NCCNc1cc2c(cc1F)c(=O)c(-c1ccccc1C(=O)O)cn2C1CC1. The molecule has 4 N–H and O–H groups in total. The smallest absolute Gasteiger partial charge is 0.336 e. The molecular formula is C21H20FN3O3. The van der Waals surface area contributed by atoms with Gasteiger partial charge >= 0.3 is 5.97 Å². The van der Waals surface area contributed by atoms with E-state index in [4.69, 9.17) is 5.73 Å². The van der Waals surface area contributed by atoms with Gasteiger partial charge in [-0.3, -0.25) is 4.79 Å². The van der Waals surface area contributed by atoms with Crippen molar-refractivity contribution in [2.75, 3.05) is 18.4 Å². The number of nitrogens with two attached hydrogens (primary N) is 1.